The molecule has 0 N–H and O–H groups in total. The maximum absolute atomic E-state index is 9.78. The fourth-order valence-corrected chi connectivity index (χ4v) is 0.445. The molecule has 16 heavy (non-hydrogen) atoms. The molecule has 6 nitrogen and oxygen atoms in total. The number of hydrogen-bond acceptors (Lipinski definition) is 4. The SMILES string of the molecule is CCCCN([C-]=O)[C-]=O.CN([C-]=O)[C-]=O.[K+]. The Morgan fingerprint density at radius 1 is 0.938 bits per heavy atom. The summed E-state index contributed by atoms with van der Waals surface area (Å²) in [6.07, 6.45) is 7.22. The molecule has 86 valence electrons. The summed E-state index contributed by atoms with van der Waals surface area (Å²) in [5.41, 5.74) is 0. The molecule has 0 aromatic carbocycles. The standard InChI is InChI=1S/C6H9NO2.C3H3NO2.K/c1-2-3-4-7(5-8)6-9;1-4(2-5)3-6;/h2-4H2,1H3;1H3;/q2*-2;+1. The van der Waals surface area contributed by atoms with E-state index in [1.165, 1.54) is 32.7 Å². The molecule has 0 fully saturated rings. The van der Waals surface area contributed by atoms with Crippen molar-refractivity contribution in [1.29, 1.82) is 0 Å². The first-order valence-electron chi connectivity index (χ1n) is 4.18. The maximum atomic E-state index is 9.78. The minimum absolute atomic E-state index is 0. The number of hydrogen-bond donors (Lipinski definition) is 0. The van der Waals surface area contributed by atoms with Gasteiger partial charge in [0.15, 0.2) is 0 Å². The van der Waals surface area contributed by atoms with E-state index in [0.717, 1.165) is 17.7 Å². The average molecular weight is 251 g/mol. The molecule has 0 bridgehead atoms. The number of imide groups is 2. The Hall–Kier alpha value is -0.0836. The predicted molar refractivity (Wildman–Crippen MR) is 52.2 cm³/mol. The normalized spacial score (nSPS) is 7.38. The van der Waals surface area contributed by atoms with Crippen molar-refractivity contribution < 1.29 is 70.6 Å². The summed E-state index contributed by atoms with van der Waals surface area (Å²) >= 11 is 0. The third-order valence-electron chi connectivity index (χ3n) is 1.23. The molecule has 4 amide bonds. The van der Waals surface area contributed by atoms with Crippen molar-refractivity contribution in [2.75, 3.05) is 13.6 Å². The molecule has 0 unspecified atom stereocenters. The van der Waals surface area contributed by atoms with Gasteiger partial charge in [0.2, 0.25) is 0 Å². The van der Waals surface area contributed by atoms with Crippen molar-refractivity contribution in [3.05, 3.63) is 0 Å². The summed E-state index contributed by atoms with van der Waals surface area (Å²) in [6, 6.07) is 0. The first-order chi connectivity index (χ1) is 7.15. The third-order valence-corrected chi connectivity index (χ3v) is 1.23. The second-order valence-corrected chi connectivity index (χ2v) is 2.43. The molecule has 0 saturated heterocycles. The summed E-state index contributed by atoms with van der Waals surface area (Å²) < 4.78 is 0. The van der Waals surface area contributed by atoms with Crippen molar-refractivity contribution in [2.45, 2.75) is 19.8 Å². The van der Waals surface area contributed by atoms with Crippen molar-refractivity contribution in [3.63, 3.8) is 0 Å². The smallest absolute Gasteiger partial charge is 0.639 e. The Balaban J connectivity index is -0.000000214. The molecular weight excluding hydrogens is 239 g/mol. The first kappa shape index (κ1) is 21.2. The van der Waals surface area contributed by atoms with Gasteiger partial charge in [0.25, 0.3) is 0 Å². The van der Waals surface area contributed by atoms with Crippen molar-refractivity contribution >= 4 is 25.6 Å². The monoisotopic (exact) mass is 251 g/mol. The van der Waals surface area contributed by atoms with E-state index in [1.54, 1.807) is 0 Å². The van der Waals surface area contributed by atoms with E-state index >= 15 is 0 Å². The number of amides is 4. The second kappa shape index (κ2) is 17.3. The third kappa shape index (κ3) is 16.4. The quantitative estimate of drug-likeness (QED) is 0.265. The van der Waals surface area contributed by atoms with Crippen LogP contribution in [0.2, 0.25) is 0 Å². The van der Waals surface area contributed by atoms with Crippen LogP contribution in [0.4, 0.5) is 0 Å². The van der Waals surface area contributed by atoms with Crippen LogP contribution in [0.25, 0.3) is 0 Å². The average Bonchev–Trinajstić information content (AvgIpc) is 2.30. The Morgan fingerprint density at radius 3 is 1.56 bits per heavy atom. The fraction of sp³-hybridized carbons (Fsp3) is 0.556. The number of unbranched alkanes of at least 4 members (excludes halogenated alkanes) is 1. The van der Waals surface area contributed by atoms with Crippen LogP contribution >= 0.6 is 0 Å². The molecule has 0 aliphatic carbocycles. The summed E-state index contributed by atoms with van der Waals surface area (Å²) in [5.74, 6) is 0. The van der Waals surface area contributed by atoms with Crippen LogP contribution in [0.3, 0.4) is 0 Å². The molecule has 0 saturated carbocycles. The molecule has 0 radical (unpaired) electrons. The molecule has 0 spiro atoms. The van der Waals surface area contributed by atoms with Gasteiger partial charge in [0, 0.05) is 0 Å². The fourth-order valence-electron chi connectivity index (χ4n) is 0.445. The van der Waals surface area contributed by atoms with E-state index in [0.29, 0.717) is 11.4 Å². The van der Waals surface area contributed by atoms with E-state index in [4.69, 9.17) is 0 Å². The van der Waals surface area contributed by atoms with E-state index in [-0.39, 0.29) is 51.4 Å². The van der Waals surface area contributed by atoms with Crippen LogP contribution < -0.4 is 51.4 Å². The zero-order valence-corrected chi connectivity index (χ0v) is 12.8. The van der Waals surface area contributed by atoms with Gasteiger partial charge in [-0.15, -0.1) is 0 Å². The molecule has 0 aromatic heterocycles. The van der Waals surface area contributed by atoms with Crippen LogP contribution in [0.15, 0.2) is 0 Å². The van der Waals surface area contributed by atoms with Gasteiger partial charge >= 0.3 is 51.4 Å². The number of carbonyl (C=O) groups excluding carboxylic acids is 4. The molecule has 0 aromatic rings. The van der Waals surface area contributed by atoms with Gasteiger partial charge < -0.3 is 29.0 Å². The van der Waals surface area contributed by atoms with E-state index in [2.05, 4.69) is 0 Å². The van der Waals surface area contributed by atoms with Gasteiger partial charge in [-0.1, -0.05) is 13.3 Å². The summed E-state index contributed by atoms with van der Waals surface area (Å²) in [5, 5.41) is 0. The number of rotatable bonds is 7. The largest absolute Gasteiger partial charge is 1.00 e. The van der Waals surface area contributed by atoms with Crippen LogP contribution in [0, 0.1) is 0 Å². The topological polar surface area (TPSA) is 74.8 Å². The first-order valence-corrected chi connectivity index (χ1v) is 4.18. The molecular formula is C9H12KN2O4-3. The second-order valence-electron chi connectivity index (χ2n) is 2.43. The van der Waals surface area contributed by atoms with E-state index in [9.17, 15) is 19.2 Å². The van der Waals surface area contributed by atoms with Crippen LogP contribution in [0.5, 0.6) is 0 Å². The van der Waals surface area contributed by atoms with Gasteiger partial charge in [-0.05, 0) is 20.0 Å². The zero-order valence-electron chi connectivity index (χ0n) is 9.65. The minimum atomic E-state index is 0. The molecule has 0 rings (SSSR count). The Bertz CT molecular complexity index is 186. The summed E-state index contributed by atoms with van der Waals surface area (Å²) in [6.45, 7) is 2.41. The van der Waals surface area contributed by atoms with Gasteiger partial charge in [-0.25, -0.2) is 0 Å². The van der Waals surface area contributed by atoms with E-state index in [1.807, 2.05) is 6.92 Å². The van der Waals surface area contributed by atoms with Crippen LogP contribution in [-0.4, -0.2) is 49.0 Å². The molecule has 7 heteroatoms. The van der Waals surface area contributed by atoms with E-state index < -0.39 is 0 Å². The Labute approximate surface area is 138 Å². The molecule has 0 aliphatic heterocycles. The van der Waals surface area contributed by atoms with Crippen molar-refractivity contribution in [3.8, 4) is 0 Å². The molecule has 0 aliphatic rings. The summed E-state index contributed by atoms with van der Waals surface area (Å²) in [7, 11) is 1.26. The minimum Gasteiger partial charge on any atom is -0.639 e. The van der Waals surface area contributed by atoms with Gasteiger partial charge in [-0.2, -0.15) is 25.6 Å². The zero-order chi connectivity index (χ0) is 12.1. The Morgan fingerprint density at radius 2 is 1.38 bits per heavy atom. The van der Waals surface area contributed by atoms with Crippen LogP contribution in [-0.2, 0) is 19.2 Å². The van der Waals surface area contributed by atoms with Crippen molar-refractivity contribution in [2.24, 2.45) is 0 Å². The van der Waals surface area contributed by atoms with Gasteiger partial charge in [0.1, 0.15) is 0 Å². The van der Waals surface area contributed by atoms with Gasteiger partial charge in [0.05, 0.1) is 0 Å². The molecule has 0 heterocycles. The van der Waals surface area contributed by atoms with Gasteiger partial charge in [-0.3, -0.25) is 0 Å². The predicted octanol–water partition coefficient (Wildman–Crippen LogP) is -3.72. The molecule has 0 atom stereocenters. The Kier molecular flexibility index (Phi) is 23.0. The van der Waals surface area contributed by atoms with Crippen LogP contribution in [0.1, 0.15) is 19.8 Å². The maximum Gasteiger partial charge on any atom is 1.00 e. The van der Waals surface area contributed by atoms with Crippen molar-refractivity contribution in [1.82, 2.24) is 9.80 Å². The summed E-state index contributed by atoms with van der Waals surface area (Å²) in [4.78, 5) is 39.6. The number of nitrogens with zero attached hydrogens (tertiary/aromatic N) is 2.